The molecule has 0 aliphatic heterocycles. The van der Waals surface area contributed by atoms with E-state index < -0.39 is 32.6 Å². The van der Waals surface area contributed by atoms with E-state index in [1.165, 1.54) is 27.0 Å². The van der Waals surface area contributed by atoms with Crippen molar-refractivity contribution in [1.82, 2.24) is 10.0 Å². The second kappa shape index (κ2) is 6.06. The SMILES string of the molecule is CNC(=O)C(C)NS(=O)(=O)c1cc([N+](=O)[O-])c(N)cc1C. The molecule has 1 aromatic carbocycles. The van der Waals surface area contributed by atoms with Crippen molar-refractivity contribution >= 4 is 27.3 Å². The third-order valence-electron chi connectivity index (χ3n) is 2.78. The summed E-state index contributed by atoms with van der Waals surface area (Å²) in [6, 6.07) is 1.07. The second-order valence-electron chi connectivity index (χ2n) is 4.39. The molecule has 0 saturated heterocycles. The Morgan fingerprint density at radius 2 is 2.00 bits per heavy atom. The first-order valence-electron chi connectivity index (χ1n) is 5.88. The van der Waals surface area contributed by atoms with Gasteiger partial charge in [-0.3, -0.25) is 14.9 Å². The summed E-state index contributed by atoms with van der Waals surface area (Å²) < 4.78 is 26.6. The first-order chi connectivity index (χ1) is 9.60. The van der Waals surface area contributed by atoms with Crippen molar-refractivity contribution in [2.24, 2.45) is 0 Å². The molecule has 0 aliphatic rings. The summed E-state index contributed by atoms with van der Waals surface area (Å²) in [7, 11) is -2.72. The van der Waals surface area contributed by atoms with Gasteiger partial charge in [-0.15, -0.1) is 0 Å². The van der Waals surface area contributed by atoms with Gasteiger partial charge in [-0.05, 0) is 25.5 Å². The van der Waals surface area contributed by atoms with Gasteiger partial charge < -0.3 is 11.1 Å². The van der Waals surface area contributed by atoms with Gasteiger partial charge in [0, 0.05) is 13.1 Å². The van der Waals surface area contributed by atoms with Gasteiger partial charge in [-0.1, -0.05) is 0 Å². The van der Waals surface area contributed by atoms with Crippen LogP contribution in [0.25, 0.3) is 0 Å². The predicted octanol–water partition coefficient (Wildman–Crippen LogP) is -0.102. The minimum Gasteiger partial charge on any atom is -0.393 e. The summed E-state index contributed by atoms with van der Waals surface area (Å²) in [5.41, 5.74) is 5.09. The third kappa shape index (κ3) is 3.67. The van der Waals surface area contributed by atoms with E-state index in [1.54, 1.807) is 0 Å². The summed E-state index contributed by atoms with van der Waals surface area (Å²) in [5, 5.41) is 13.1. The fourth-order valence-electron chi connectivity index (χ4n) is 1.71. The van der Waals surface area contributed by atoms with E-state index in [1.807, 2.05) is 0 Å². The molecule has 0 heterocycles. The highest BCUT2D eigenvalue weighted by Crippen LogP contribution is 2.28. The number of nitro benzene ring substituents is 1. The molecule has 0 aliphatic carbocycles. The number of nitrogen functional groups attached to an aromatic ring is 1. The third-order valence-corrected chi connectivity index (χ3v) is 4.46. The molecule has 116 valence electrons. The molecule has 0 saturated carbocycles. The molecule has 1 unspecified atom stereocenters. The van der Waals surface area contributed by atoms with Gasteiger partial charge >= 0.3 is 0 Å². The first kappa shape index (κ1) is 16.9. The number of sulfonamides is 1. The summed E-state index contributed by atoms with van der Waals surface area (Å²) in [6.45, 7) is 2.82. The zero-order valence-corrected chi connectivity index (χ0v) is 12.5. The molecule has 0 radical (unpaired) electrons. The Kier molecular flexibility index (Phi) is 4.86. The van der Waals surface area contributed by atoms with Gasteiger partial charge in [0.1, 0.15) is 5.69 Å². The number of nitrogens with one attached hydrogen (secondary N) is 2. The zero-order chi connectivity index (χ0) is 16.4. The number of nitrogens with zero attached hydrogens (tertiary/aromatic N) is 1. The summed E-state index contributed by atoms with van der Waals surface area (Å²) in [5.74, 6) is -0.527. The number of carbonyl (C=O) groups excluding carboxylic acids is 1. The lowest BCUT2D eigenvalue weighted by Crippen LogP contribution is -2.43. The lowest BCUT2D eigenvalue weighted by molar-refractivity contribution is -0.384. The molecule has 0 bridgehead atoms. The largest absolute Gasteiger partial charge is 0.393 e. The van der Waals surface area contributed by atoms with E-state index in [-0.39, 0.29) is 16.1 Å². The monoisotopic (exact) mass is 316 g/mol. The maximum Gasteiger partial charge on any atom is 0.293 e. The lowest BCUT2D eigenvalue weighted by atomic mass is 10.2. The number of anilines is 1. The van der Waals surface area contributed by atoms with Crippen LogP contribution in [-0.2, 0) is 14.8 Å². The Labute approximate surface area is 121 Å². The first-order valence-corrected chi connectivity index (χ1v) is 7.37. The van der Waals surface area contributed by atoms with E-state index in [0.29, 0.717) is 0 Å². The number of rotatable bonds is 5. The smallest absolute Gasteiger partial charge is 0.293 e. The summed E-state index contributed by atoms with van der Waals surface area (Å²) >= 11 is 0. The normalized spacial score (nSPS) is 12.7. The molecule has 1 atom stereocenters. The molecule has 0 fully saturated rings. The van der Waals surface area contributed by atoms with Crippen LogP contribution in [0.15, 0.2) is 17.0 Å². The molecular weight excluding hydrogens is 300 g/mol. The van der Waals surface area contributed by atoms with Crippen molar-refractivity contribution < 1.29 is 18.1 Å². The van der Waals surface area contributed by atoms with Crippen LogP contribution in [0.2, 0.25) is 0 Å². The van der Waals surface area contributed by atoms with Gasteiger partial charge in [0.05, 0.1) is 15.9 Å². The van der Waals surface area contributed by atoms with Crippen LogP contribution in [0.1, 0.15) is 12.5 Å². The number of nitrogens with two attached hydrogens (primary N) is 1. The van der Waals surface area contributed by atoms with Crippen molar-refractivity contribution in [1.29, 1.82) is 0 Å². The molecule has 1 rings (SSSR count). The Hall–Kier alpha value is -2.20. The minimum atomic E-state index is -4.09. The fourth-order valence-corrected chi connectivity index (χ4v) is 3.16. The number of hydrogen-bond acceptors (Lipinski definition) is 6. The van der Waals surface area contributed by atoms with Gasteiger partial charge in [0.15, 0.2) is 0 Å². The Bertz CT molecular complexity index is 686. The predicted molar refractivity (Wildman–Crippen MR) is 76.1 cm³/mol. The Morgan fingerprint density at radius 1 is 1.43 bits per heavy atom. The molecular formula is C11H16N4O5S. The van der Waals surface area contributed by atoms with Crippen LogP contribution in [-0.4, -0.2) is 32.3 Å². The molecule has 1 aromatic rings. The number of amides is 1. The van der Waals surface area contributed by atoms with Crippen LogP contribution in [0.4, 0.5) is 11.4 Å². The van der Waals surface area contributed by atoms with E-state index in [0.717, 1.165) is 6.07 Å². The number of aryl methyl sites for hydroxylation is 1. The molecule has 4 N–H and O–H groups in total. The van der Waals surface area contributed by atoms with E-state index in [4.69, 9.17) is 5.73 Å². The maximum absolute atomic E-state index is 12.2. The van der Waals surface area contributed by atoms with Gasteiger partial charge in [-0.25, -0.2) is 8.42 Å². The van der Waals surface area contributed by atoms with E-state index in [9.17, 15) is 23.3 Å². The van der Waals surface area contributed by atoms with E-state index in [2.05, 4.69) is 10.0 Å². The Morgan fingerprint density at radius 3 is 2.48 bits per heavy atom. The molecule has 10 heteroatoms. The number of hydrogen-bond donors (Lipinski definition) is 3. The molecule has 9 nitrogen and oxygen atoms in total. The average molecular weight is 316 g/mol. The van der Waals surface area contributed by atoms with Crippen LogP contribution >= 0.6 is 0 Å². The number of benzene rings is 1. The van der Waals surface area contributed by atoms with Crippen molar-refractivity contribution in [2.75, 3.05) is 12.8 Å². The van der Waals surface area contributed by atoms with Crippen molar-refractivity contribution in [3.05, 3.63) is 27.8 Å². The standard InChI is InChI=1S/C11H16N4O5S/c1-6-4-8(12)9(15(17)18)5-10(6)21(19,20)14-7(2)11(16)13-3/h4-5,7,14H,12H2,1-3H3,(H,13,16). The summed E-state index contributed by atoms with van der Waals surface area (Å²) in [4.78, 5) is 21.1. The highest BCUT2D eigenvalue weighted by molar-refractivity contribution is 7.89. The second-order valence-corrected chi connectivity index (χ2v) is 6.07. The van der Waals surface area contributed by atoms with Gasteiger partial charge in [-0.2, -0.15) is 4.72 Å². The van der Waals surface area contributed by atoms with Gasteiger partial charge in [0.25, 0.3) is 5.69 Å². The average Bonchev–Trinajstić information content (AvgIpc) is 2.36. The highest BCUT2D eigenvalue weighted by Gasteiger charge is 2.26. The van der Waals surface area contributed by atoms with Crippen LogP contribution < -0.4 is 15.8 Å². The van der Waals surface area contributed by atoms with Crippen molar-refractivity contribution in [3.8, 4) is 0 Å². The maximum atomic E-state index is 12.2. The zero-order valence-electron chi connectivity index (χ0n) is 11.7. The van der Waals surface area contributed by atoms with Crippen molar-refractivity contribution in [3.63, 3.8) is 0 Å². The number of likely N-dealkylation sites (N-methyl/N-ethyl adjacent to an activating group) is 1. The van der Waals surface area contributed by atoms with Gasteiger partial charge in [0.2, 0.25) is 15.9 Å². The van der Waals surface area contributed by atoms with Crippen LogP contribution in [0, 0.1) is 17.0 Å². The fraction of sp³-hybridized carbons (Fsp3) is 0.364. The Balaban J connectivity index is 3.29. The molecule has 0 aromatic heterocycles. The lowest BCUT2D eigenvalue weighted by Gasteiger charge is -2.14. The number of carbonyl (C=O) groups is 1. The van der Waals surface area contributed by atoms with Crippen LogP contribution in [0.3, 0.4) is 0 Å². The van der Waals surface area contributed by atoms with Crippen LogP contribution in [0.5, 0.6) is 0 Å². The summed E-state index contributed by atoms with van der Waals surface area (Å²) in [6.07, 6.45) is 0. The minimum absolute atomic E-state index is 0.129. The molecule has 21 heavy (non-hydrogen) atoms. The number of nitro groups is 1. The van der Waals surface area contributed by atoms with E-state index >= 15 is 0 Å². The quantitative estimate of drug-likeness (QED) is 0.393. The molecule has 1 amide bonds. The molecule has 0 spiro atoms. The van der Waals surface area contributed by atoms with Crippen molar-refractivity contribution in [2.45, 2.75) is 24.8 Å². The highest BCUT2D eigenvalue weighted by atomic mass is 32.2. The topological polar surface area (TPSA) is 144 Å².